The standard InChI is InChI=1S/C10H11N3O3/c14-6-11-5-10(13-8-16)3-1-9(2-4-10)12-7-15/h9H,1-5H2. The van der Waals surface area contributed by atoms with E-state index in [0.717, 1.165) is 0 Å². The molecule has 0 bridgehead atoms. The molecule has 0 atom stereocenters. The average molecular weight is 221 g/mol. The summed E-state index contributed by atoms with van der Waals surface area (Å²) in [4.78, 5) is 41.3. The van der Waals surface area contributed by atoms with Gasteiger partial charge in [-0.3, -0.25) is 0 Å². The SMILES string of the molecule is O=C=NCC1(N=C=O)CCC(N=C=O)CC1. The highest BCUT2D eigenvalue weighted by Gasteiger charge is 2.35. The zero-order valence-corrected chi connectivity index (χ0v) is 8.68. The first kappa shape index (κ1) is 12.2. The van der Waals surface area contributed by atoms with E-state index >= 15 is 0 Å². The van der Waals surface area contributed by atoms with E-state index in [-0.39, 0.29) is 12.6 Å². The Balaban J connectivity index is 2.72. The lowest BCUT2D eigenvalue weighted by Gasteiger charge is -2.32. The molecule has 0 spiro atoms. The summed E-state index contributed by atoms with van der Waals surface area (Å²) in [5.74, 6) is 0. The molecular formula is C10H11N3O3. The summed E-state index contributed by atoms with van der Waals surface area (Å²) in [7, 11) is 0. The molecule has 1 fully saturated rings. The van der Waals surface area contributed by atoms with Gasteiger partial charge in [0.2, 0.25) is 18.2 Å². The highest BCUT2D eigenvalue weighted by molar-refractivity contribution is 5.37. The molecule has 0 N–H and O–H groups in total. The van der Waals surface area contributed by atoms with Gasteiger partial charge in [0.25, 0.3) is 0 Å². The Hall–Kier alpha value is -1.86. The van der Waals surface area contributed by atoms with E-state index in [2.05, 4.69) is 15.0 Å². The van der Waals surface area contributed by atoms with Gasteiger partial charge in [-0.15, -0.1) is 0 Å². The molecule has 1 saturated carbocycles. The summed E-state index contributed by atoms with van der Waals surface area (Å²) >= 11 is 0. The van der Waals surface area contributed by atoms with Crippen molar-refractivity contribution >= 4 is 18.2 Å². The van der Waals surface area contributed by atoms with Crippen LogP contribution >= 0.6 is 0 Å². The summed E-state index contributed by atoms with van der Waals surface area (Å²) < 4.78 is 0. The van der Waals surface area contributed by atoms with Crippen LogP contribution < -0.4 is 0 Å². The topological polar surface area (TPSA) is 88.3 Å². The van der Waals surface area contributed by atoms with Crippen LogP contribution in [0.2, 0.25) is 0 Å². The van der Waals surface area contributed by atoms with E-state index in [4.69, 9.17) is 0 Å². The predicted octanol–water partition coefficient (Wildman–Crippen LogP) is 0.675. The Morgan fingerprint density at radius 3 is 2.25 bits per heavy atom. The first-order valence-corrected chi connectivity index (χ1v) is 4.96. The molecule has 0 aromatic carbocycles. The van der Waals surface area contributed by atoms with Crippen molar-refractivity contribution in [2.75, 3.05) is 6.54 Å². The second-order valence-electron chi connectivity index (χ2n) is 3.79. The van der Waals surface area contributed by atoms with E-state index < -0.39 is 5.54 Å². The number of rotatable bonds is 4. The maximum absolute atomic E-state index is 10.3. The van der Waals surface area contributed by atoms with Crippen LogP contribution in [0, 0.1) is 0 Å². The van der Waals surface area contributed by atoms with Crippen LogP contribution in [-0.4, -0.2) is 36.4 Å². The fourth-order valence-electron chi connectivity index (χ4n) is 1.93. The number of hydrogen-bond acceptors (Lipinski definition) is 6. The van der Waals surface area contributed by atoms with Gasteiger partial charge in [0.05, 0.1) is 18.1 Å². The van der Waals surface area contributed by atoms with Crippen molar-refractivity contribution in [1.82, 2.24) is 0 Å². The second kappa shape index (κ2) is 5.89. The molecule has 0 aromatic heterocycles. The molecular weight excluding hydrogens is 210 g/mol. The van der Waals surface area contributed by atoms with E-state index in [1.54, 1.807) is 0 Å². The number of isocyanates is 3. The summed E-state index contributed by atoms with van der Waals surface area (Å²) in [6, 6.07) is -0.0623. The van der Waals surface area contributed by atoms with Gasteiger partial charge in [0.1, 0.15) is 0 Å². The highest BCUT2D eigenvalue weighted by Crippen LogP contribution is 2.33. The van der Waals surface area contributed by atoms with E-state index in [1.807, 2.05) is 0 Å². The molecule has 84 valence electrons. The van der Waals surface area contributed by atoms with Gasteiger partial charge in [-0.25, -0.2) is 24.4 Å². The lowest BCUT2D eigenvalue weighted by atomic mass is 9.80. The Morgan fingerprint density at radius 2 is 1.75 bits per heavy atom. The first-order valence-electron chi connectivity index (χ1n) is 4.96. The van der Waals surface area contributed by atoms with Crippen molar-refractivity contribution in [2.45, 2.75) is 37.3 Å². The molecule has 16 heavy (non-hydrogen) atoms. The van der Waals surface area contributed by atoms with Crippen molar-refractivity contribution in [3.8, 4) is 0 Å². The average Bonchev–Trinajstić information content (AvgIpc) is 2.30. The van der Waals surface area contributed by atoms with Crippen LogP contribution in [0.3, 0.4) is 0 Å². The third-order valence-electron chi connectivity index (χ3n) is 2.84. The Labute approximate surface area is 92.2 Å². The quantitative estimate of drug-likeness (QED) is 0.516. The number of hydrogen-bond donors (Lipinski definition) is 0. The second-order valence-corrected chi connectivity index (χ2v) is 3.79. The maximum Gasteiger partial charge on any atom is 0.235 e. The van der Waals surface area contributed by atoms with Gasteiger partial charge in [-0.2, -0.15) is 4.99 Å². The van der Waals surface area contributed by atoms with Gasteiger partial charge in [-0.1, -0.05) is 0 Å². The fraction of sp³-hybridized carbons (Fsp3) is 0.700. The third kappa shape index (κ3) is 3.07. The summed E-state index contributed by atoms with van der Waals surface area (Å²) in [6.07, 6.45) is 6.85. The summed E-state index contributed by atoms with van der Waals surface area (Å²) in [6.45, 7) is 0.142. The maximum atomic E-state index is 10.3. The number of nitrogens with zero attached hydrogens (tertiary/aromatic N) is 3. The molecule has 0 aliphatic heterocycles. The zero-order chi connectivity index (χ0) is 11.9. The Kier molecular flexibility index (Phi) is 4.49. The molecule has 6 nitrogen and oxygen atoms in total. The molecule has 0 saturated heterocycles. The molecule has 1 aliphatic rings. The minimum Gasteiger partial charge on any atom is -0.211 e. The van der Waals surface area contributed by atoms with Crippen LogP contribution in [0.25, 0.3) is 0 Å². The zero-order valence-electron chi connectivity index (χ0n) is 8.68. The third-order valence-corrected chi connectivity index (χ3v) is 2.84. The monoisotopic (exact) mass is 221 g/mol. The Bertz CT molecular complexity index is 380. The molecule has 0 heterocycles. The van der Waals surface area contributed by atoms with Crippen molar-refractivity contribution in [2.24, 2.45) is 15.0 Å². The first-order chi connectivity index (χ1) is 7.76. The van der Waals surface area contributed by atoms with Gasteiger partial charge >= 0.3 is 0 Å². The van der Waals surface area contributed by atoms with Crippen molar-refractivity contribution < 1.29 is 14.4 Å². The number of carbonyl (C=O) groups excluding carboxylic acids is 3. The molecule has 1 rings (SSSR count). The van der Waals surface area contributed by atoms with Gasteiger partial charge in [0, 0.05) is 0 Å². The van der Waals surface area contributed by atoms with Crippen LogP contribution in [-0.2, 0) is 14.4 Å². The number of aliphatic imine (C=N–C) groups is 3. The predicted molar refractivity (Wildman–Crippen MR) is 54.2 cm³/mol. The molecule has 0 unspecified atom stereocenters. The fourth-order valence-corrected chi connectivity index (χ4v) is 1.93. The smallest absolute Gasteiger partial charge is 0.211 e. The molecule has 6 heteroatoms. The van der Waals surface area contributed by atoms with E-state index in [1.165, 1.54) is 18.2 Å². The minimum atomic E-state index is -0.659. The van der Waals surface area contributed by atoms with Crippen molar-refractivity contribution in [1.29, 1.82) is 0 Å². The lowest BCUT2D eigenvalue weighted by Crippen LogP contribution is -2.36. The highest BCUT2D eigenvalue weighted by atomic mass is 16.1. The van der Waals surface area contributed by atoms with E-state index in [0.29, 0.717) is 25.7 Å². The lowest BCUT2D eigenvalue weighted by molar-refractivity contribution is 0.283. The van der Waals surface area contributed by atoms with Crippen LogP contribution in [0.1, 0.15) is 25.7 Å². The molecule has 0 radical (unpaired) electrons. The Morgan fingerprint density at radius 1 is 1.06 bits per heavy atom. The summed E-state index contributed by atoms with van der Waals surface area (Å²) in [5, 5.41) is 0. The van der Waals surface area contributed by atoms with Gasteiger partial charge in [-0.05, 0) is 25.7 Å². The largest absolute Gasteiger partial charge is 0.235 e. The molecule has 0 aromatic rings. The van der Waals surface area contributed by atoms with Crippen LogP contribution in [0.15, 0.2) is 15.0 Å². The van der Waals surface area contributed by atoms with Crippen molar-refractivity contribution in [3.05, 3.63) is 0 Å². The van der Waals surface area contributed by atoms with Crippen molar-refractivity contribution in [3.63, 3.8) is 0 Å². The van der Waals surface area contributed by atoms with Gasteiger partial charge < -0.3 is 0 Å². The minimum absolute atomic E-state index is 0.0623. The molecule has 0 amide bonds. The summed E-state index contributed by atoms with van der Waals surface area (Å²) in [5.41, 5.74) is -0.659. The normalized spacial score (nSPS) is 28.1. The van der Waals surface area contributed by atoms with Crippen LogP contribution in [0.4, 0.5) is 0 Å². The molecule has 1 aliphatic carbocycles. The van der Waals surface area contributed by atoms with Crippen LogP contribution in [0.5, 0.6) is 0 Å². The van der Waals surface area contributed by atoms with Gasteiger partial charge in [0.15, 0.2) is 0 Å². The van der Waals surface area contributed by atoms with E-state index in [9.17, 15) is 14.4 Å².